The summed E-state index contributed by atoms with van der Waals surface area (Å²) in [6.45, 7) is 1.17. The molecule has 10 heteroatoms. The molecule has 0 fully saturated rings. The molecule has 0 unspecified atom stereocenters. The molecule has 0 radical (unpaired) electrons. The summed E-state index contributed by atoms with van der Waals surface area (Å²) in [4.78, 5) is 9.17. The van der Waals surface area contributed by atoms with Crippen molar-refractivity contribution in [3.63, 3.8) is 0 Å². The van der Waals surface area contributed by atoms with Crippen molar-refractivity contribution >= 4 is 34.5 Å². The summed E-state index contributed by atoms with van der Waals surface area (Å²) in [7, 11) is 1.46. The Kier molecular flexibility index (Phi) is 4.06. The van der Waals surface area contributed by atoms with Crippen molar-refractivity contribution in [3.8, 4) is 23.0 Å². The van der Waals surface area contributed by atoms with E-state index in [-0.39, 0.29) is 22.5 Å². The molecule has 1 aromatic heterocycles. The number of aromatic hydroxyl groups is 1. The molecule has 150 valence electrons. The maximum atomic E-state index is 10.1. The number of nitrogens with one attached hydrogen (secondary N) is 1. The fraction of sp³-hybridized carbons (Fsp3) is 0.263. The first kappa shape index (κ1) is 17.7. The van der Waals surface area contributed by atoms with Gasteiger partial charge in [0, 0.05) is 24.1 Å². The lowest BCUT2D eigenvalue weighted by molar-refractivity contribution is 0.297. The number of hydrogen-bond acceptors (Lipinski definition) is 8. The molecule has 2 aliphatic rings. The van der Waals surface area contributed by atoms with E-state index in [1.54, 1.807) is 12.1 Å². The van der Waals surface area contributed by atoms with Crippen LogP contribution in [0.15, 0.2) is 29.3 Å². The van der Waals surface area contributed by atoms with Gasteiger partial charge in [-0.15, -0.1) is 0 Å². The van der Waals surface area contributed by atoms with E-state index in [1.165, 1.54) is 7.11 Å². The maximum absolute atomic E-state index is 10.1. The van der Waals surface area contributed by atoms with Crippen molar-refractivity contribution in [2.24, 2.45) is 10.7 Å². The van der Waals surface area contributed by atoms with Crippen LogP contribution in [0, 0.1) is 0 Å². The van der Waals surface area contributed by atoms with Gasteiger partial charge in [0.15, 0.2) is 35.1 Å². The molecule has 0 saturated heterocycles. The number of anilines is 1. The normalized spacial score (nSPS) is 17.9. The first-order valence-corrected chi connectivity index (χ1v) is 9.41. The zero-order chi connectivity index (χ0) is 20.1. The predicted molar refractivity (Wildman–Crippen MR) is 108 cm³/mol. The molecule has 5 rings (SSSR count). The minimum absolute atomic E-state index is 0.129. The number of hydrogen-bond donors (Lipinski definition) is 3. The highest BCUT2D eigenvalue weighted by atomic mass is 35.5. The van der Waals surface area contributed by atoms with Gasteiger partial charge in [-0.05, 0) is 12.1 Å². The lowest BCUT2D eigenvalue weighted by Crippen LogP contribution is -2.31. The van der Waals surface area contributed by atoms with Crippen LogP contribution in [0.4, 0.5) is 5.95 Å². The fourth-order valence-electron chi connectivity index (χ4n) is 3.55. The van der Waals surface area contributed by atoms with Crippen LogP contribution in [-0.2, 0) is 0 Å². The molecule has 3 heterocycles. The molecule has 1 atom stereocenters. The van der Waals surface area contributed by atoms with E-state index in [1.807, 2.05) is 16.7 Å². The van der Waals surface area contributed by atoms with Crippen molar-refractivity contribution in [2.45, 2.75) is 12.6 Å². The van der Waals surface area contributed by atoms with Gasteiger partial charge in [0.25, 0.3) is 0 Å². The van der Waals surface area contributed by atoms with E-state index in [2.05, 4.69) is 15.3 Å². The third kappa shape index (κ3) is 2.85. The van der Waals surface area contributed by atoms with Crippen LogP contribution in [0.1, 0.15) is 18.2 Å². The minimum atomic E-state index is -0.562. The van der Waals surface area contributed by atoms with Crippen molar-refractivity contribution in [1.29, 1.82) is 0 Å². The number of ether oxygens (including phenoxy) is 3. The average molecular weight is 416 g/mol. The Balaban J connectivity index is 1.71. The number of halogens is 1. The summed E-state index contributed by atoms with van der Waals surface area (Å²) in [5, 5.41) is 13.2. The predicted octanol–water partition coefficient (Wildman–Crippen LogP) is 2.85. The highest BCUT2D eigenvalue weighted by Crippen LogP contribution is 2.42. The maximum Gasteiger partial charge on any atom is 0.212 e. The molecule has 0 aliphatic carbocycles. The Labute approximate surface area is 170 Å². The summed E-state index contributed by atoms with van der Waals surface area (Å²) in [6.07, 6.45) is 0.252. The number of guanidine groups is 1. The van der Waals surface area contributed by atoms with E-state index in [9.17, 15) is 5.11 Å². The molecular formula is C19H18ClN5O4. The van der Waals surface area contributed by atoms with Crippen LogP contribution in [0.25, 0.3) is 11.0 Å². The molecule has 0 spiro atoms. The average Bonchev–Trinajstić information content (AvgIpc) is 2.89. The highest BCUT2D eigenvalue weighted by Gasteiger charge is 2.28. The van der Waals surface area contributed by atoms with Gasteiger partial charge in [-0.3, -0.25) is 9.88 Å². The van der Waals surface area contributed by atoms with Crippen molar-refractivity contribution in [1.82, 2.24) is 9.55 Å². The zero-order valence-electron chi connectivity index (χ0n) is 15.5. The Hall–Kier alpha value is -3.33. The van der Waals surface area contributed by atoms with E-state index in [0.29, 0.717) is 41.7 Å². The number of methoxy groups -OCH3 is 1. The molecule has 2 aliphatic heterocycles. The van der Waals surface area contributed by atoms with Gasteiger partial charge in [0.05, 0.1) is 36.4 Å². The van der Waals surface area contributed by atoms with E-state index < -0.39 is 6.17 Å². The van der Waals surface area contributed by atoms with Crippen LogP contribution in [0.3, 0.4) is 0 Å². The Morgan fingerprint density at radius 1 is 1.24 bits per heavy atom. The van der Waals surface area contributed by atoms with Crippen LogP contribution in [0.2, 0.25) is 5.02 Å². The SMILES string of the molecule is COc1cc([C@H]2N=C(N)Nc3nc4cc5c(cc4n32)OCCCO5)cc(Cl)c1O. The summed E-state index contributed by atoms with van der Waals surface area (Å²) in [5.74, 6) is 2.17. The van der Waals surface area contributed by atoms with E-state index >= 15 is 0 Å². The number of phenolic OH excluding ortho intramolecular Hbond substituents is 1. The smallest absolute Gasteiger partial charge is 0.212 e. The number of nitrogens with two attached hydrogens (primary N) is 1. The number of phenols is 1. The number of aromatic nitrogens is 2. The fourth-order valence-corrected chi connectivity index (χ4v) is 3.77. The number of aliphatic imine (C=N–C) groups is 1. The van der Waals surface area contributed by atoms with Gasteiger partial charge in [-0.2, -0.15) is 0 Å². The van der Waals surface area contributed by atoms with E-state index in [4.69, 9.17) is 31.5 Å². The summed E-state index contributed by atoms with van der Waals surface area (Å²) >= 11 is 6.20. The van der Waals surface area contributed by atoms with Crippen LogP contribution in [-0.4, -0.2) is 40.9 Å². The quantitative estimate of drug-likeness (QED) is 0.589. The third-order valence-corrected chi connectivity index (χ3v) is 5.16. The summed E-state index contributed by atoms with van der Waals surface area (Å²) in [5.41, 5.74) is 8.19. The molecule has 4 N–H and O–H groups in total. The molecule has 0 bridgehead atoms. The lowest BCUT2D eigenvalue weighted by Gasteiger charge is -2.24. The second kappa shape index (κ2) is 6.63. The second-order valence-electron chi connectivity index (χ2n) is 6.71. The van der Waals surface area contributed by atoms with Gasteiger partial charge in [-0.25, -0.2) is 9.98 Å². The Bertz CT molecular complexity index is 1160. The largest absolute Gasteiger partial charge is 0.503 e. The van der Waals surface area contributed by atoms with Crippen LogP contribution in [0.5, 0.6) is 23.0 Å². The Morgan fingerprint density at radius 3 is 2.76 bits per heavy atom. The van der Waals surface area contributed by atoms with Gasteiger partial charge in [0.1, 0.15) is 0 Å². The van der Waals surface area contributed by atoms with Gasteiger partial charge in [-0.1, -0.05) is 11.6 Å². The van der Waals surface area contributed by atoms with Crippen LogP contribution >= 0.6 is 11.6 Å². The first-order chi connectivity index (χ1) is 14.0. The van der Waals surface area contributed by atoms with Crippen LogP contribution < -0.4 is 25.3 Å². The van der Waals surface area contributed by atoms with E-state index in [0.717, 1.165) is 11.9 Å². The molecule has 0 amide bonds. The highest BCUT2D eigenvalue weighted by molar-refractivity contribution is 6.32. The molecule has 3 aromatic rings. The van der Waals surface area contributed by atoms with Gasteiger partial charge < -0.3 is 25.1 Å². The monoisotopic (exact) mass is 415 g/mol. The number of nitrogens with zero attached hydrogens (tertiary/aromatic N) is 3. The van der Waals surface area contributed by atoms with Crippen molar-refractivity contribution in [3.05, 3.63) is 34.9 Å². The number of imidazole rings is 1. The third-order valence-electron chi connectivity index (χ3n) is 4.87. The molecular weight excluding hydrogens is 398 g/mol. The molecule has 9 nitrogen and oxygen atoms in total. The zero-order valence-corrected chi connectivity index (χ0v) is 16.2. The summed E-state index contributed by atoms with van der Waals surface area (Å²) < 4.78 is 18.7. The minimum Gasteiger partial charge on any atom is -0.503 e. The molecule has 2 aromatic carbocycles. The lowest BCUT2D eigenvalue weighted by atomic mass is 10.1. The molecule has 29 heavy (non-hydrogen) atoms. The number of rotatable bonds is 2. The molecule has 0 saturated carbocycles. The first-order valence-electron chi connectivity index (χ1n) is 9.03. The Morgan fingerprint density at radius 2 is 2.00 bits per heavy atom. The van der Waals surface area contributed by atoms with Crippen molar-refractivity contribution in [2.75, 3.05) is 25.6 Å². The second-order valence-corrected chi connectivity index (χ2v) is 7.12. The standard InChI is InChI=1S/C19H18ClN5O4/c1-27-15-6-9(5-10(20)16(15)26)17-23-18(21)24-19-22-11-7-13-14(8-12(11)25(17)19)29-4-2-3-28-13/h5-8,17,26H,2-4H2,1H3,(H3,21,22,23,24)/t17-/m0/s1. The van der Waals surface area contributed by atoms with Gasteiger partial charge >= 0.3 is 0 Å². The number of fused-ring (bicyclic) bond motifs is 4. The van der Waals surface area contributed by atoms with Gasteiger partial charge in [0.2, 0.25) is 5.95 Å². The summed E-state index contributed by atoms with van der Waals surface area (Å²) in [6, 6.07) is 7.04. The van der Waals surface area contributed by atoms with Crippen molar-refractivity contribution < 1.29 is 19.3 Å². The topological polar surface area (TPSA) is 116 Å². The number of benzene rings is 2.